The molecule has 1 heterocycles. The molecule has 0 aromatic heterocycles. The molecule has 3 nitrogen and oxygen atoms in total. The fourth-order valence-electron chi connectivity index (χ4n) is 1.48. The smallest absolute Gasteiger partial charge is 0.459 e. The lowest BCUT2D eigenvalue weighted by Crippen LogP contribution is -3.13. The highest BCUT2D eigenvalue weighted by Gasteiger charge is 2.40. The molecule has 1 aliphatic rings. The van der Waals surface area contributed by atoms with Crippen LogP contribution in [0.2, 0.25) is 0 Å². The lowest BCUT2D eigenvalue weighted by atomic mass is 10.4. The lowest BCUT2D eigenvalue weighted by Gasteiger charge is -2.23. The van der Waals surface area contributed by atoms with Gasteiger partial charge in [0.1, 0.15) is 0 Å². The summed E-state index contributed by atoms with van der Waals surface area (Å²) in [5.41, 5.74) is 0. The Balaban J connectivity index is 2.05. The highest BCUT2D eigenvalue weighted by Crippen LogP contribution is 2.16. The second-order valence-corrected chi connectivity index (χ2v) is 4.82. The molecule has 16 heavy (non-hydrogen) atoms. The lowest BCUT2D eigenvalue weighted by molar-refractivity contribution is -0.896. The van der Waals surface area contributed by atoms with Gasteiger partial charge in [0.2, 0.25) is 0 Å². The van der Waals surface area contributed by atoms with Gasteiger partial charge >= 0.3 is 12.1 Å². The van der Waals surface area contributed by atoms with Crippen LogP contribution in [-0.2, 0) is 9.53 Å². The zero-order valence-corrected chi connectivity index (χ0v) is 9.62. The number of carbonyl (C=O) groups is 1. The van der Waals surface area contributed by atoms with Crippen LogP contribution in [0.1, 0.15) is 6.42 Å². The van der Waals surface area contributed by atoms with Crippen LogP contribution in [0.25, 0.3) is 0 Å². The Morgan fingerprint density at radius 2 is 1.94 bits per heavy atom. The largest absolute Gasteiger partial charge is 0.490 e. The molecule has 7 heteroatoms. The zero-order chi connectivity index (χ0) is 12.0. The van der Waals surface area contributed by atoms with Crippen LogP contribution in [0.5, 0.6) is 0 Å². The molecule has 0 spiro atoms. The molecule has 1 rings (SSSR count). The van der Waals surface area contributed by atoms with Crippen LogP contribution in [0, 0.1) is 0 Å². The summed E-state index contributed by atoms with van der Waals surface area (Å²) in [4.78, 5) is 11.7. The first-order valence-corrected chi connectivity index (χ1v) is 6.31. The third-order valence-electron chi connectivity index (χ3n) is 2.34. The van der Waals surface area contributed by atoms with Crippen LogP contribution in [0.15, 0.2) is 0 Å². The first-order valence-electron chi connectivity index (χ1n) is 5.15. The Hall–Kier alpha value is -0.430. The van der Waals surface area contributed by atoms with Gasteiger partial charge in [-0.25, -0.2) is 4.79 Å². The van der Waals surface area contributed by atoms with E-state index in [-0.39, 0.29) is 6.61 Å². The van der Waals surface area contributed by atoms with Crippen molar-refractivity contribution in [1.82, 2.24) is 0 Å². The molecule has 0 aromatic rings. The molecule has 0 radical (unpaired) electrons. The van der Waals surface area contributed by atoms with Crippen molar-refractivity contribution in [2.75, 3.05) is 37.7 Å². The number of halogens is 3. The van der Waals surface area contributed by atoms with Crippen LogP contribution < -0.4 is 4.90 Å². The van der Waals surface area contributed by atoms with E-state index in [1.54, 1.807) is 0 Å². The van der Waals surface area contributed by atoms with E-state index in [9.17, 15) is 18.0 Å². The summed E-state index contributed by atoms with van der Waals surface area (Å²) in [5, 5.41) is 0. The molecule has 1 saturated heterocycles. The van der Waals surface area contributed by atoms with E-state index in [2.05, 4.69) is 4.74 Å². The fourth-order valence-corrected chi connectivity index (χ4v) is 2.55. The molecule has 0 aliphatic carbocycles. The van der Waals surface area contributed by atoms with Gasteiger partial charge in [0.25, 0.3) is 0 Å². The molecule has 0 bridgehead atoms. The van der Waals surface area contributed by atoms with Gasteiger partial charge in [-0.05, 0) is 0 Å². The molecule has 94 valence electrons. The van der Waals surface area contributed by atoms with E-state index in [1.807, 2.05) is 11.8 Å². The standard InChI is InChI=1S/C9H14F3NO2S/c10-9(11,12)8(14)15-5-1-2-13-3-6-16-7-4-13/h1-7H2/p+1. The normalized spacial score (nSPS) is 18.4. The van der Waals surface area contributed by atoms with E-state index >= 15 is 0 Å². The quantitative estimate of drug-likeness (QED) is 0.574. The van der Waals surface area contributed by atoms with Gasteiger partial charge in [0.05, 0.1) is 26.2 Å². The number of rotatable bonds is 4. The molecule has 0 atom stereocenters. The van der Waals surface area contributed by atoms with Gasteiger partial charge < -0.3 is 9.64 Å². The molecule has 0 unspecified atom stereocenters. The van der Waals surface area contributed by atoms with Crippen LogP contribution in [-0.4, -0.2) is 49.9 Å². The average Bonchev–Trinajstić information content (AvgIpc) is 2.24. The Bertz CT molecular complexity index is 229. The number of nitrogens with one attached hydrogen (secondary N) is 1. The molecule has 0 saturated carbocycles. The van der Waals surface area contributed by atoms with Crippen molar-refractivity contribution in [2.24, 2.45) is 0 Å². The summed E-state index contributed by atoms with van der Waals surface area (Å²) < 4.78 is 39.4. The molecule has 1 N–H and O–H groups in total. The van der Waals surface area contributed by atoms with E-state index in [0.29, 0.717) is 6.42 Å². The second kappa shape index (κ2) is 6.34. The van der Waals surface area contributed by atoms with Gasteiger partial charge in [0, 0.05) is 17.9 Å². The number of hydrogen-bond donors (Lipinski definition) is 1. The number of alkyl halides is 3. The summed E-state index contributed by atoms with van der Waals surface area (Å²) in [6.07, 6.45) is -4.38. The van der Waals surface area contributed by atoms with Crippen molar-refractivity contribution in [2.45, 2.75) is 12.6 Å². The third kappa shape index (κ3) is 5.07. The molecule has 1 fully saturated rings. The number of quaternary nitrogens is 1. The topological polar surface area (TPSA) is 30.7 Å². The minimum absolute atomic E-state index is 0.144. The predicted octanol–water partition coefficient (Wildman–Crippen LogP) is 0.114. The van der Waals surface area contributed by atoms with Crippen molar-refractivity contribution in [3.05, 3.63) is 0 Å². The van der Waals surface area contributed by atoms with E-state index in [0.717, 1.165) is 31.1 Å². The fraction of sp³-hybridized carbons (Fsp3) is 0.889. The van der Waals surface area contributed by atoms with Gasteiger partial charge in [-0.3, -0.25) is 0 Å². The zero-order valence-electron chi connectivity index (χ0n) is 8.81. The molecule has 0 aromatic carbocycles. The summed E-state index contributed by atoms with van der Waals surface area (Å²) in [7, 11) is 0. The maximum Gasteiger partial charge on any atom is 0.490 e. The highest BCUT2D eigenvalue weighted by atomic mass is 32.2. The Morgan fingerprint density at radius 1 is 1.31 bits per heavy atom. The van der Waals surface area contributed by atoms with Gasteiger partial charge in [0.15, 0.2) is 0 Å². The first-order chi connectivity index (χ1) is 7.50. The maximum atomic E-state index is 11.7. The van der Waals surface area contributed by atoms with Crippen molar-refractivity contribution >= 4 is 17.7 Å². The van der Waals surface area contributed by atoms with Crippen LogP contribution in [0.4, 0.5) is 13.2 Å². The van der Waals surface area contributed by atoms with Gasteiger partial charge in [-0.2, -0.15) is 24.9 Å². The third-order valence-corrected chi connectivity index (χ3v) is 3.32. The second-order valence-electron chi connectivity index (χ2n) is 3.60. The molecule has 0 amide bonds. The highest BCUT2D eigenvalue weighted by molar-refractivity contribution is 7.99. The van der Waals surface area contributed by atoms with Crippen LogP contribution >= 0.6 is 11.8 Å². The Morgan fingerprint density at radius 3 is 2.50 bits per heavy atom. The number of hydrogen-bond acceptors (Lipinski definition) is 3. The monoisotopic (exact) mass is 258 g/mol. The van der Waals surface area contributed by atoms with Crippen LogP contribution in [0.3, 0.4) is 0 Å². The van der Waals surface area contributed by atoms with Crippen molar-refractivity contribution in [1.29, 1.82) is 0 Å². The average molecular weight is 258 g/mol. The SMILES string of the molecule is O=C(OCCC[NH+]1CCSCC1)C(F)(F)F. The Kier molecular flexibility index (Phi) is 5.40. The predicted molar refractivity (Wildman–Crippen MR) is 54.5 cm³/mol. The summed E-state index contributed by atoms with van der Waals surface area (Å²) in [5.74, 6) is 0.103. The summed E-state index contributed by atoms with van der Waals surface area (Å²) in [6.45, 7) is 2.70. The van der Waals surface area contributed by atoms with Gasteiger partial charge in [-0.15, -0.1) is 0 Å². The molecular formula is C9H15F3NO2S+. The number of ether oxygens (including phenoxy) is 1. The van der Waals surface area contributed by atoms with Crippen molar-refractivity contribution in [3.8, 4) is 0 Å². The van der Waals surface area contributed by atoms with E-state index < -0.39 is 12.1 Å². The first kappa shape index (κ1) is 13.6. The van der Waals surface area contributed by atoms with Gasteiger partial charge in [-0.1, -0.05) is 0 Å². The molecule has 1 aliphatic heterocycles. The number of carbonyl (C=O) groups excluding carboxylic acids is 1. The minimum atomic E-state index is -4.87. The van der Waals surface area contributed by atoms with E-state index in [1.165, 1.54) is 4.90 Å². The maximum absolute atomic E-state index is 11.7. The van der Waals surface area contributed by atoms with Crippen molar-refractivity contribution in [3.63, 3.8) is 0 Å². The summed E-state index contributed by atoms with van der Waals surface area (Å²) >= 11 is 1.89. The summed E-state index contributed by atoms with van der Waals surface area (Å²) in [6, 6.07) is 0. The minimum Gasteiger partial charge on any atom is -0.459 e. The van der Waals surface area contributed by atoms with Crippen molar-refractivity contribution < 1.29 is 27.6 Å². The number of esters is 1. The Labute approximate surface area is 96.3 Å². The number of thioether (sulfide) groups is 1. The molecular weight excluding hydrogens is 243 g/mol. The van der Waals surface area contributed by atoms with E-state index in [4.69, 9.17) is 0 Å².